The summed E-state index contributed by atoms with van der Waals surface area (Å²) in [6.07, 6.45) is 0. The summed E-state index contributed by atoms with van der Waals surface area (Å²) in [6, 6.07) is 7.16. The van der Waals surface area contributed by atoms with Gasteiger partial charge in [0.2, 0.25) is 0 Å². The molecule has 17 heavy (non-hydrogen) atoms. The van der Waals surface area contributed by atoms with E-state index in [1.165, 1.54) is 4.74 Å². The summed E-state index contributed by atoms with van der Waals surface area (Å²) >= 11 is 0. The predicted molar refractivity (Wildman–Crippen MR) is 70.9 cm³/mol. The fourth-order valence-electron chi connectivity index (χ4n) is 1.58. The number of benzene rings is 1. The SMILES string of the molecule is CC.[B]c1ccc(-c2c(C)on(C)c2=O)cc1. The Morgan fingerprint density at radius 1 is 1.18 bits per heavy atom. The average Bonchev–Trinajstić information content (AvgIpc) is 2.58. The van der Waals surface area contributed by atoms with Crippen molar-refractivity contribution in [2.45, 2.75) is 20.8 Å². The van der Waals surface area contributed by atoms with E-state index in [1.54, 1.807) is 26.1 Å². The number of hydrogen-bond donors (Lipinski definition) is 0. The highest BCUT2D eigenvalue weighted by molar-refractivity contribution is 6.32. The van der Waals surface area contributed by atoms with Crippen LogP contribution in [0.3, 0.4) is 0 Å². The molecular formula is C13H16BNO2. The van der Waals surface area contributed by atoms with Gasteiger partial charge in [0, 0.05) is 7.05 Å². The zero-order valence-corrected chi connectivity index (χ0v) is 10.7. The van der Waals surface area contributed by atoms with E-state index >= 15 is 0 Å². The monoisotopic (exact) mass is 229 g/mol. The molecule has 0 amide bonds. The molecule has 0 aliphatic heterocycles. The van der Waals surface area contributed by atoms with Crippen molar-refractivity contribution in [3.63, 3.8) is 0 Å². The number of aromatic nitrogens is 1. The molecule has 3 nitrogen and oxygen atoms in total. The third kappa shape index (κ3) is 2.70. The van der Waals surface area contributed by atoms with Crippen LogP contribution in [-0.4, -0.2) is 12.6 Å². The minimum atomic E-state index is -0.128. The molecule has 4 heteroatoms. The zero-order valence-electron chi connectivity index (χ0n) is 10.7. The van der Waals surface area contributed by atoms with Crippen LogP contribution < -0.4 is 11.0 Å². The van der Waals surface area contributed by atoms with Gasteiger partial charge in [-0.15, -0.1) is 0 Å². The molecule has 2 radical (unpaired) electrons. The molecule has 0 aliphatic carbocycles. The van der Waals surface area contributed by atoms with E-state index in [0.717, 1.165) is 5.56 Å². The Morgan fingerprint density at radius 3 is 2.12 bits per heavy atom. The second kappa shape index (κ2) is 5.57. The van der Waals surface area contributed by atoms with Gasteiger partial charge < -0.3 is 4.52 Å². The van der Waals surface area contributed by atoms with Gasteiger partial charge in [-0.1, -0.05) is 43.6 Å². The number of nitrogens with zero attached hydrogens (tertiary/aromatic N) is 1. The highest BCUT2D eigenvalue weighted by Crippen LogP contribution is 2.18. The molecule has 1 aromatic carbocycles. The van der Waals surface area contributed by atoms with Crippen LogP contribution in [-0.2, 0) is 7.05 Å². The van der Waals surface area contributed by atoms with Gasteiger partial charge in [-0.2, -0.15) is 4.74 Å². The van der Waals surface area contributed by atoms with E-state index in [4.69, 9.17) is 12.4 Å². The lowest BCUT2D eigenvalue weighted by Gasteiger charge is -1.97. The Balaban J connectivity index is 0.000000686. The van der Waals surface area contributed by atoms with Gasteiger partial charge in [-0.25, -0.2) is 0 Å². The standard InChI is InChI=1S/C11H10BNO2.C2H6/c1-7-10(11(14)13(2)15-7)8-3-5-9(12)6-4-8;1-2/h3-6H,1-2H3;1-2H3. The third-order valence-electron chi connectivity index (χ3n) is 2.33. The van der Waals surface area contributed by atoms with E-state index in [2.05, 4.69) is 0 Å². The Bertz CT molecular complexity index is 538. The molecule has 0 saturated carbocycles. The minimum Gasteiger partial charge on any atom is -0.381 e. The second-order valence-electron chi connectivity index (χ2n) is 3.45. The largest absolute Gasteiger partial charge is 0.381 e. The number of hydrogen-bond acceptors (Lipinski definition) is 2. The maximum Gasteiger partial charge on any atom is 0.290 e. The van der Waals surface area contributed by atoms with Crippen LogP contribution in [0.1, 0.15) is 19.6 Å². The van der Waals surface area contributed by atoms with Crippen molar-refractivity contribution in [1.29, 1.82) is 0 Å². The van der Waals surface area contributed by atoms with E-state index in [0.29, 0.717) is 16.8 Å². The van der Waals surface area contributed by atoms with Crippen molar-refractivity contribution >= 4 is 13.3 Å². The maximum atomic E-state index is 11.7. The quantitative estimate of drug-likeness (QED) is 0.698. The smallest absolute Gasteiger partial charge is 0.290 e. The third-order valence-corrected chi connectivity index (χ3v) is 2.33. The molecule has 2 aromatic rings. The van der Waals surface area contributed by atoms with Gasteiger partial charge in [-0.05, 0) is 12.5 Å². The van der Waals surface area contributed by atoms with E-state index in [9.17, 15) is 4.79 Å². The fraction of sp³-hybridized carbons (Fsp3) is 0.308. The lowest BCUT2D eigenvalue weighted by molar-refractivity contribution is 0.283. The van der Waals surface area contributed by atoms with Crippen LogP contribution in [0.25, 0.3) is 11.1 Å². The molecule has 88 valence electrons. The Hall–Kier alpha value is -1.71. The molecule has 0 bridgehead atoms. The van der Waals surface area contributed by atoms with Crippen molar-refractivity contribution in [2.24, 2.45) is 7.05 Å². The summed E-state index contributed by atoms with van der Waals surface area (Å²) < 4.78 is 6.43. The van der Waals surface area contributed by atoms with Crippen LogP contribution in [0.2, 0.25) is 0 Å². The molecule has 1 heterocycles. The van der Waals surface area contributed by atoms with Gasteiger partial charge in [-0.3, -0.25) is 4.79 Å². The lowest BCUT2D eigenvalue weighted by atomic mass is 9.94. The molecular weight excluding hydrogens is 213 g/mol. The van der Waals surface area contributed by atoms with Gasteiger partial charge >= 0.3 is 0 Å². The topological polar surface area (TPSA) is 35.1 Å². The van der Waals surface area contributed by atoms with Crippen molar-refractivity contribution in [2.75, 3.05) is 0 Å². The maximum absolute atomic E-state index is 11.7. The Labute approximate surface area is 102 Å². The summed E-state index contributed by atoms with van der Waals surface area (Å²) in [5.41, 5.74) is 1.97. The van der Waals surface area contributed by atoms with E-state index < -0.39 is 0 Å². The molecule has 2 rings (SSSR count). The van der Waals surface area contributed by atoms with Crippen LogP contribution in [0.5, 0.6) is 0 Å². The highest BCUT2D eigenvalue weighted by Gasteiger charge is 2.12. The van der Waals surface area contributed by atoms with Gasteiger partial charge in [0.15, 0.2) is 0 Å². The first-order valence-electron chi connectivity index (χ1n) is 5.62. The number of aryl methyl sites for hydroxylation is 2. The summed E-state index contributed by atoms with van der Waals surface area (Å²) in [7, 11) is 7.17. The molecule has 0 spiro atoms. The zero-order chi connectivity index (χ0) is 13.0. The van der Waals surface area contributed by atoms with Crippen molar-refractivity contribution in [1.82, 2.24) is 4.74 Å². The van der Waals surface area contributed by atoms with Gasteiger partial charge in [0.1, 0.15) is 13.6 Å². The fourth-order valence-corrected chi connectivity index (χ4v) is 1.58. The van der Waals surface area contributed by atoms with E-state index in [-0.39, 0.29) is 5.56 Å². The minimum absolute atomic E-state index is 0.128. The lowest BCUT2D eigenvalue weighted by Crippen LogP contribution is -2.11. The molecule has 0 saturated heterocycles. The van der Waals surface area contributed by atoms with Crippen LogP contribution >= 0.6 is 0 Å². The molecule has 0 atom stereocenters. The second-order valence-corrected chi connectivity index (χ2v) is 3.45. The molecule has 0 N–H and O–H groups in total. The first kappa shape index (κ1) is 13.4. The van der Waals surface area contributed by atoms with Crippen molar-refractivity contribution < 1.29 is 4.52 Å². The van der Waals surface area contributed by atoms with E-state index in [1.807, 2.05) is 26.0 Å². The van der Waals surface area contributed by atoms with Crippen LogP contribution in [0.15, 0.2) is 33.6 Å². The van der Waals surface area contributed by atoms with Gasteiger partial charge in [0.25, 0.3) is 5.56 Å². The Kier molecular flexibility index (Phi) is 4.38. The molecule has 0 fully saturated rings. The summed E-state index contributed by atoms with van der Waals surface area (Å²) in [4.78, 5) is 11.7. The predicted octanol–water partition coefficient (Wildman–Crippen LogP) is 1.77. The normalized spacial score (nSPS) is 9.65. The first-order chi connectivity index (χ1) is 8.09. The summed E-state index contributed by atoms with van der Waals surface area (Å²) in [5.74, 6) is 0.618. The number of rotatable bonds is 1. The first-order valence-corrected chi connectivity index (χ1v) is 5.62. The van der Waals surface area contributed by atoms with Crippen LogP contribution in [0.4, 0.5) is 0 Å². The molecule has 1 aromatic heterocycles. The van der Waals surface area contributed by atoms with Crippen molar-refractivity contribution in [3.8, 4) is 11.1 Å². The average molecular weight is 229 g/mol. The molecule has 0 unspecified atom stereocenters. The highest BCUT2D eigenvalue weighted by atomic mass is 16.5. The summed E-state index contributed by atoms with van der Waals surface area (Å²) in [6.45, 7) is 5.77. The Morgan fingerprint density at radius 2 is 1.71 bits per heavy atom. The van der Waals surface area contributed by atoms with Crippen LogP contribution in [0, 0.1) is 6.92 Å². The molecule has 0 aliphatic rings. The van der Waals surface area contributed by atoms with Gasteiger partial charge in [0.05, 0.1) is 5.56 Å². The van der Waals surface area contributed by atoms with Crippen molar-refractivity contribution in [3.05, 3.63) is 40.4 Å². The summed E-state index contributed by atoms with van der Waals surface area (Å²) in [5, 5.41) is 0.